The quantitative estimate of drug-likeness (QED) is 0.403. The van der Waals surface area contributed by atoms with Crippen LogP contribution in [0.4, 0.5) is 0 Å². The van der Waals surface area contributed by atoms with Crippen molar-refractivity contribution in [3.05, 3.63) is 88.0 Å². The molecule has 0 aliphatic carbocycles. The molecule has 2 heterocycles. The number of nitrogens with zero attached hydrogens (tertiary/aromatic N) is 3. The third kappa shape index (κ3) is 4.72. The van der Waals surface area contributed by atoms with Crippen molar-refractivity contribution in [2.24, 2.45) is 7.05 Å². The van der Waals surface area contributed by atoms with Gasteiger partial charge in [0.15, 0.2) is 5.78 Å². The van der Waals surface area contributed by atoms with Crippen LogP contribution < -0.4 is 0 Å². The minimum absolute atomic E-state index is 0.224. The summed E-state index contributed by atoms with van der Waals surface area (Å²) in [5.74, 6) is -0.994. The van der Waals surface area contributed by atoms with E-state index in [-0.39, 0.29) is 18.2 Å². The molecule has 3 aromatic rings. The van der Waals surface area contributed by atoms with Gasteiger partial charge in [-0.15, -0.1) is 0 Å². The van der Waals surface area contributed by atoms with Crippen molar-refractivity contribution in [1.82, 2.24) is 14.5 Å². The first-order valence-electron chi connectivity index (χ1n) is 10.7. The number of carbonyl (C=O) groups is 3. The Labute approximate surface area is 194 Å². The number of carbonyl (C=O) groups excluding carboxylic acids is 3. The lowest BCUT2D eigenvalue weighted by atomic mass is 9.98. The Morgan fingerprint density at radius 1 is 1.09 bits per heavy atom. The van der Waals surface area contributed by atoms with Crippen LogP contribution in [0.5, 0.6) is 0 Å². The standard InChI is InChI=1S/C26H29N3O4/c1-16-9-11-21(12-10-16)25(31)29(15-20-8-7-13-27-14-20)19(4)24(30)22-17(2)23(26(32)33-6)28(5)18(22)3/h7-14,19H,15H2,1-6H3. The van der Waals surface area contributed by atoms with Crippen LogP contribution in [0.3, 0.4) is 0 Å². The largest absolute Gasteiger partial charge is 0.464 e. The smallest absolute Gasteiger partial charge is 0.354 e. The summed E-state index contributed by atoms with van der Waals surface area (Å²) in [6.45, 7) is 7.41. The fourth-order valence-electron chi connectivity index (χ4n) is 4.01. The number of aromatic nitrogens is 2. The van der Waals surface area contributed by atoms with E-state index in [2.05, 4.69) is 4.98 Å². The monoisotopic (exact) mass is 447 g/mol. The molecular weight excluding hydrogens is 418 g/mol. The van der Waals surface area contributed by atoms with Crippen molar-refractivity contribution in [2.45, 2.75) is 40.3 Å². The van der Waals surface area contributed by atoms with Crippen LogP contribution in [0.1, 0.15) is 60.5 Å². The van der Waals surface area contributed by atoms with Crippen LogP contribution in [0.25, 0.3) is 0 Å². The number of benzene rings is 1. The number of hydrogen-bond acceptors (Lipinski definition) is 5. The van der Waals surface area contributed by atoms with Crippen LogP contribution >= 0.6 is 0 Å². The molecule has 0 bridgehead atoms. The first kappa shape index (κ1) is 23.9. The van der Waals surface area contributed by atoms with E-state index in [4.69, 9.17) is 4.74 Å². The van der Waals surface area contributed by atoms with E-state index in [1.807, 2.05) is 25.1 Å². The molecule has 1 aromatic carbocycles. The molecule has 1 amide bonds. The summed E-state index contributed by atoms with van der Waals surface area (Å²) < 4.78 is 6.56. The highest BCUT2D eigenvalue weighted by Crippen LogP contribution is 2.26. The predicted octanol–water partition coefficient (Wildman–Crippen LogP) is 4.05. The molecule has 0 saturated heterocycles. The maximum absolute atomic E-state index is 13.7. The van der Waals surface area contributed by atoms with Gasteiger partial charge in [0.2, 0.25) is 0 Å². The number of rotatable bonds is 7. The number of amides is 1. The Bertz CT molecular complexity index is 1180. The molecule has 7 heteroatoms. The molecule has 7 nitrogen and oxygen atoms in total. The summed E-state index contributed by atoms with van der Waals surface area (Å²) in [6, 6.07) is 10.2. The molecule has 0 aliphatic rings. The number of ketones is 1. The van der Waals surface area contributed by atoms with Gasteiger partial charge >= 0.3 is 5.97 Å². The number of esters is 1. The predicted molar refractivity (Wildman–Crippen MR) is 125 cm³/mol. The highest BCUT2D eigenvalue weighted by atomic mass is 16.5. The number of methoxy groups -OCH3 is 1. The van der Waals surface area contributed by atoms with Gasteiger partial charge in [-0.05, 0) is 57.0 Å². The number of ether oxygens (including phenoxy) is 1. The summed E-state index contributed by atoms with van der Waals surface area (Å²) >= 11 is 0. The van der Waals surface area contributed by atoms with Gasteiger partial charge in [-0.1, -0.05) is 23.8 Å². The van der Waals surface area contributed by atoms with Crippen LogP contribution in [0.2, 0.25) is 0 Å². The zero-order chi connectivity index (χ0) is 24.3. The molecule has 1 unspecified atom stereocenters. The molecule has 172 valence electrons. The van der Waals surface area contributed by atoms with E-state index in [9.17, 15) is 14.4 Å². The lowest BCUT2D eigenvalue weighted by molar-refractivity contribution is 0.0587. The fraction of sp³-hybridized carbons (Fsp3) is 0.308. The highest BCUT2D eigenvalue weighted by molar-refractivity contribution is 6.07. The Morgan fingerprint density at radius 3 is 2.33 bits per heavy atom. The van der Waals surface area contributed by atoms with E-state index in [1.165, 1.54) is 7.11 Å². The summed E-state index contributed by atoms with van der Waals surface area (Å²) in [4.78, 5) is 45.2. The fourth-order valence-corrected chi connectivity index (χ4v) is 4.01. The van der Waals surface area contributed by atoms with Gasteiger partial charge in [0, 0.05) is 42.8 Å². The van der Waals surface area contributed by atoms with Gasteiger partial charge in [0.1, 0.15) is 5.69 Å². The summed E-state index contributed by atoms with van der Waals surface area (Å²) in [5, 5.41) is 0. The molecule has 0 spiro atoms. The van der Waals surface area contributed by atoms with Crippen molar-refractivity contribution >= 4 is 17.7 Å². The Morgan fingerprint density at radius 2 is 1.76 bits per heavy atom. The summed E-state index contributed by atoms with van der Waals surface area (Å²) in [5.41, 5.74) is 4.31. The lowest BCUT2D eigenvalue weighted by Gasteiger charge is -2.29. The molecule has 0 radical (unpaired) electrons. The Hall–Kier alpha value is -3.74. The second-order valence-electron chi connectivity index (χ2n) is 8.19. The van der Waals surface area contributed by atoms with Gasteiger partial charge < -0.3 is 14.2 Å². The van der Waals surface area contributed by atoms with E-state index < -0.39 is 12.0 Å². The average Bonchev–Trinajstić information content (AvgIpc) is 3.04. The van der Waals surface area contributed by atoms with Crippen molar-refractivity contribution in [1.29, 1.82) is 0 Å². The minimum Gasteiger partial charge on any atom is -0.464 e. The third-order valence-electron chi connectivity index (χ3n) is 6.04. The van der Waals surface area contributed by atoms with Gasteiger partial charge in [-0.3, -0.25) is 14.6 Å². The molecular formula is C26H29N3O4. The van der Waals surface area contributed by atoms with Gasteiger partial charge in [-0.25, -0.2) is 4.79 Å². The van der Waals surface area contributed by atoms with Gasteiger partial charge in [0.25, 0.3) is 5.91 Å². The lowest BCUT2D eigenvalue weighted by Crippen LogP contribution is -2.43. The topological polar surface area (TPSA) is 81.5 Å². The Balaban J connectivity index is 2.03. The summed E-state index contributed by atoms with van der Waals surface area (Å²) in [7, 11) is 3.03. The van der Waals surface area contributed by atoms with E-state index in [0.717, 1.165) is 11.1 Å². The van der Waals surface area contributed by atoms with Crippen LogP contribution in [0.15, 0.2) is 48.8 Å². The zero-order valence-corrected chi connectivity index (χ0v) is 19.9. The van der Waals surface area contributed by atoms with Crippen LogP contribution in [-0.2, 0) is 18.3 Å². The SMILES string of the molecule is COC(=O)c1c(C)c(C(=O)C(C)N(Cc2cccnc2)C(=O)c2ccc(C)cc2)c(C)n1C. The van der Waals surface area contributed by atoms with Crippen LogP contribution in [0, 0.1) is 20.8 Å². The summed E-state index contributed by atoms with van der Waals surface area (Å²) in [6.07, 6.45) is 3.34. The van der Waals surface area contributed by atoms with Gasteiger partial charge in [0.05, 0.1) is 13.2 Å². The molecule has 0 N–H and O–H groups in total. The number of pyridine rings is 1. The molecule has 0 fully saturated rings. The number of aryl methyl sites for hydroxylation is 1. The minimum atomic E-state index is -0.774. The zero-order valence-electron chi connectivity index (χ0n) is 19.9. The van der Waals surface area contributed by atoms with Crippen LogP contribution in [-0.4, -0.2) is 45.3 Å². The van der Waals surface area contributed by atoms with E-state index in [0.29, 0.717) is 28.1 Å². The second-order valence-corrected chi connectivity index (χ2v) is 8.19. The first-order valence-corrected chi connectivity index (χ1v) is 10.7. The van der Waals surface area contributed by atoms with Gasteiger partial charge in [-0.2, -0.15) is 0 Å². The number of Topliss-reactive ketones (excluding diaryl/α,β-unsaturated/α-hetero) is 1. The molecule has 3 rings (SSSR count). The van der Waals surface area contributed by atoms with Crippen molar-refractivity contribution in [3.63, 3.8) is 0 Å². The normalized spacial score (nSPS) is 11.7. The molecule has 0 saturated carbocycles. The first-order chi connectivity index (χ1) is 15.7. The van der Waals surface area contributed by atoms with E-state index in [1.54, 1.807) is 67.9 Å². The van der Waals surface area contributed by atoms with E-state index >= 15 is 0 Å². The van der Waals surface area contributed by atoms with Crippen molar-refractivity contribution in [3.8, 4) is 0 Å². The average molecular weight is 448 g/mol. The third-order valence-corrected chi connectivity index (χ3v) is 6.04. The Kier molecular flexibility index (Phi) is 7.11. The highest BCUT2D eigenvalue weighted by Gasteiger charge is 2.33. The van der Waals surface area contributed by atoms with Crippen molar-refractivity contribution < 1.29 is 19.1 Å². The van der Waals surface area contributed by atoms with Crippen molar-refractivity contribution in [2.75, 3.05) is 7.11 Å². The molecule has 0 aliphatic heterocycles. The molecule has 1 atom stereocenters. The number of hydrogen-bond donors (Lipinski definition) is 0. The maximum Gasteiger partial charge on any atom is 0.354 e. The molecule has 33 heavy (non-hydrogen) atoms. The maximum atomic E-state index is 13.7. The second kappa shape index (κ2) is 9.81. The molecule has 2 aromatic heterocycles.